The fourth-order valence-electron chi connectivity index (χ4n) is 7.86. The predicted octanol–water partition coefficient (Wildman–Crippen LogP) is 3.17. The van der Waals surface area contributed by atoms with Crippen molar-refractivity contribution < 1.29 is 43.2 Å². The zero-order valence-corrected chi connectivity index (χ0v) is 23.0. The minimum atomic E-state index is -1.10. The van der Waals surface area contributed by atoms with Crippen molar-refractivity contribution in [3.8, 4) is 0 Å². The van der Waals surface area contributed by atoms with Crippen LogP contribution in [0.4, 0.5) is 0 Å². The molecular formula is C29H40O9. The van der Waals surface area contributed by atoms with Crippen LogP contribution in [0, 0.1) is 17.3 Å². The first-order valence-electron chi connectivity index (χ1n) is 13.8. The highest BCUT2D eigenvalue weighted by atomic mass is 16.6. The zero-order valence-electron chi connectivity index (χ0n) is 23.0. The van der Waals surface area contributed by atoms with Crippen LogP contribution in [0.25, 0.3) is 0 Å². The molecule has 5 aliphatic rings. The van der Waals surface area contributed by atoms with Crippen molar-refractivity contribution in [2.24, 2.45) is 17.3 Å². The third-order valence-electron chi connectivity index (χ3n) is 10.2. The molecule has 0 aromatic heterocycles. The number of ether oxygens (including phenoxy) is 5. The van der Waals surface area contributed by atoms with Gasteiger partial charge in [0.15, 0.2) is 12.2 Å². The predicted molar refractivity (Wildman–Crippen MR) is 135 cm³/mol. The molecule has 9 heteroatoms. The molecule has 2 spiro atoms. The quantitative estimate of drug-likeness (QED) is 0.246. The Balaban J connectivity index is 1.67. The molecule has 1 N–H and O–H groups in total. The van der Waals surface area contributed by atoms with Crippen LogP contribution in [-0.4, -0.2) is 71.8 Å². The van der Waals surface area contributed by atoms with Crippen molar-refractivity contribution in [1.29, 1.82) is 0 Å². The summed E-state index contributed by atoms with van der Waals surface area (Å²) < 4.78 is 30.9. The molecule has 3 saturated heterocycles. The van der Waals surface area contributed by atoms with E-state index in [2.05, 4.69) is 0 Å². The minimum absolute atomic E-state index is 0.106. The van der Waals surface area contributed by atoms with Gasteiger partial charge in [0.2, 0.25) is 0 Å². The second kappa shape index (κ2) is 9.45. The van der Waals surface area contributed by atoms with Crippen molar-refractivity contribution in [2.75, 3.05) is 19.8 Å². The summed E-state index contributed by atoms with van der Waals surface area (Å²) in [7, 11) is 0. The maximum absolute atomic E-state index is 13.3. The molecule has 0 bridgehead atoms. The summed E-state index contributed by atoms with van der Waals surface area (Å²) in [6.07, 6.45) is 5.12. The van der Waals surface area contributed by atoms with Gasteiger partial charge in [-0.15, -0.1) is 0 Å². The van der Waals surface area contributed by atoms with Crippen LogP contribution in [0.1, 0.15) is 73.1 Å². The summed E-state index contributed by atoms with van der Waals surface area (Å²) in [5.74, 6) is -1.64. The van der Waals surface area contributed by atoms with Crippen LogP contribution in [0.5, 0.6) is 0 Å². The number of aliphatic hydroxyl groups excluding tert-OH is 1. The molecule has 0 aromatic rings. The van der Waals surface area contributed by atoms with Crippen molar-refractivity contribution in [2.45, 2.75) is 102 Å². The van der Waals surface area contributed by atoms with Crippen molar-refractivity contribution in [3.05, 3.63) is 23.3 Å². The average molecular weight is 533 g/mol. The maximum Gasteiger partial charge on any atom is 0.333 e. The third kappa shape index (κ3) is 3.87. The lowest BCUT2D eigenvalue weighted by Crippen LogP contribution is -2.77. The molecule has 3 aliphatic heterocycles. The number of hydrogen-bond donors (Lipinski definition) is 1. The Labute approximate surface area is 223 Å². The summed E-state index contributed by atoms with van der Waals surface area (Å²) in [4.78, 5) is 38.8. The van der Waals surface area contributed by atoms with Gasteiger partial charge in [-0.05, 0) is 72.1 Å². The zero-order chi connectivity index (χ0) is 27.5. The molecular weight excluding hydrogens is 492 g/mol. The number of rotatable bonds is 5. The summed E-state index contributed by atoms with van der Waals surface area (Å²) in [5, 5.41) is 11.2. The largest absolute Gasteiger partial charge is 0.463 e. The number of hydrogen-bond acceptors (Lipinski definition) is 9. The molecule has 0 radical (unpaired) electrons. The molecule has 5 unspecified atom stereocenters. The topological polar surface area (TPSA) is 121 Å². The standard InChI is InChI=1S/C29H40O9/c1-6-17(3)24(32)36-22-23(37-25(33)18(4)7-2)29(14-30)20(9-8-11-28(29)16-35-28)19-10-12-27(38-26(19,22)5)13-21(31)34-15-27/h6-7,19-20,22-23,30H,8-16H2,1-5H3/b17-6+,18-7+/t19?,20?,22-,23-,26?,27+,28?,29?/m0/s1. The van der Waals surface area contributed by atoms with Gasteiger partial charge >= 0.3 is 17.9 Å². The van der Waals surface area contributed by atoms with Gasteiger partial charge in [0.1, 0.15) is 23.4 Å². The van der Waals surface area contributed by atoms with Gasteiger partial charge in [0.25, 0.3) is 0 Å². The molecule has 2 saturated carbocycles. The lowest BCUT2D eigenvalue weighted by Gasteiger charge is -2.66. The molecule has 0 aromatic carbocycles. The van der Waals surface area contributed by atoms with E-state index in [-0.39, 0.29) is 37.4 Å². The number of allylic oxidation sites excluding steroid dienone is 2. The first kappa shape index (κ1) is 27.3. The molecule has 210 valence electrons. The normalized spacial score (nSPS) is 44.3. The summed E-state index contributed by atoms with van der Waals surface area (Å²) >= 11 is 0. The Kier molecular flexibility index (Phi) is 6.80. The molecule has 5 fully saturated rings. The van der Waals surface area contributed by atoms with Crippen LogP contribution < -0.4 is 0 Å². The van der Waals surface area contributed by atoms with E-state index in [0.717, 1.165) is 19.3 Å². The summed E-state index contributed by atoms with van der Waals surface area (Å²) in [5.41, 5.74) is -2.74. The van der Waals surface area contributed by atoms with Gasteiger partial charge in [-0.1, -0.05) is 18.6 Å². The van der Waals surface area contributed by atoms with Crippen LogP contribution in [0.15, 0.2) is 23.3 Å². The third-order valence-corrected chi connectivity index (χ3v) is 10.2. The van der Waals surface area contributed by atoms with Gasteiger partial charge in [0.05, 0.1) is 25.0 Å². The highest BCUT2D eigenvalue weighted by molar-refractivity contribution is 5.89. The van der Waals surface area contributed by atoms with E-state index in [1.807, 2.05) is 6.92 Å². The number of epoxide rings is 1. The maximum atomic E-state index is 13.3. The molecule has 38 heavy (non-hydrogen) atoms. The smallest absolute Gasteiger partial charge is 0.333 e. The van der Waals surface area contributed by atoms with E-state index in [1.54, 1.807) is 39.8 Å². The van der Waals surface area contributed by atoms with Gasteiger partial charge in [-0.3, -0.25) is 4.79 Å². The van der Waals surface area contributed by atoms with E-state index in [9.17, 15) is 19.5 Å². The van der Waals surface area contributed by atoms with E-state index in [1.165, 1.54) is 0 Å². The van der Waals surface area contributed by atoms with Crippen LogP contribution in [0.2, 0.25) is 0 Å². The number of carbonyl (C=O) groups excluding carboxylic acids is 3. The van der Waals surface area contributed by atoms with Crippen molar-refractivity contribution >= 4 is 17.9 Å². The van der Waals surface area contributed by atoms with E-state index in [4.69, 9.17) is 23.7 Å². The fourth-order valence-corrected chi connectivity index (χ4v) is 7.86. The molecule has 5 rings (SSSR count). The summed E-state index contributed by atoms with van der Waals surface area (Å²) in [6, 6.07) is 0. The Bertz CT molecular complexity index is 1070. The Morgan fingerprint density at radius 2 is 1.63 bits per heavy atom. The Morgan fingerprint density at radius 1 is 1.00 bits per heavy atom. The van der Waals surface area contributed by atoms with Crippen molar-refractivity contribution in [1.82, 2.24) is 0 Å². The minimum Gasteiger partial charge on any atom is -0.463 e. The highest BCUT2D eigenvalue weighted by Gasteiger charge is 2.79. The molecule has 3 heterocycles. The number of carbonyl (C=O) groups is 3. The van der Waals surface area contributed by atoms with Gasteiger partial charge in [0, 0.05) is 11.1 Å². The number of fused-ring (bicyclic) bond motifs is 4. The first-order chi connectivity index (χ1) is 18.0. The fraction of sp³-hybridized carbons (Fsp3) is 0.759. The number of cyclic esters (lactones) is 1. The lowest BCUT2D eigenvalue weighted by molar-refractivity contribution is -0.332. The van der Waals surface area contributed by atoms with E-state index in [0.29, 0.717) is 30.6 Å². The number of esters is 3. The molecule has 9 nitrogen and oxygen atoms in total. The van der Waals surface area contributed by atoms with E-state index >= 15 is 0 Å². The van der Waals surface area contributed by atoms with Gasteiger partial charge < -0.3 is 28.8 Å². The average Bonchev–Trinajstić information content (AvgIpc) is 3.59. The Morgan fingerprint density at radius 3 is 2.16 bits per heavy atom. The monoisotopic (exact) mass is 532 g/mol. The van der Waals surface area contributed by atoms with Crippen LogP contribution in [-0.2, 0) is 38.1 Å². The van der Waals surface area contributed by atoms with Crippen LogP contribution >= 0.6 is 0 Å². The SMILES string of the molecule is C/C=C(\C)C(=O)O[C@H]1[C@H](OC(=O)/C(C)=C/C)C2(CO)C(CCCC23CO3)C2CC[C@@]3(COC(=O)C3)OC21C. The van der Waals surface area contributed by atoms with Crippen LogP contribution in [0.3, 0.4) is 0 Å². The molecule has 8 atom stereocenters. The summed E-state index contributed by atoms with van der Waals surface area (Å²) in [6.45, 7) is 9.05. The first-order valence-corrected chi connectivity index (χ1v) is 13.8. The second-order valence-corrected chi connectivity index (χ2v) is 12.0. The second-order valence-electron chi connectivity index (χ2n) is 12.0. The van der Waals surface area contributed by atoms with Crippen molar-refractivity contribution in [3.63, 3.8) is 0 Å². The molecule has 0 amide bonds. The van der Waals surface area contributed by atoms with Gasteiger partial charge in [-0.2, -0.15) is 0 Å². The van der Waals surface area contributed by atoms with E-state index < -0.39 is 46.4 Å². The highest BCUT2D eigenvalue weighted by Crippen LogP contribution is 2.68. The number of aliphatic hydroxyl groups is 1. The Hall–Kier alpha value is -2.23. The molecule has 2 aliphatic carbocycles. The lowest BCUT2D eigenvalue weighted by atomic mass is 9.45. The van der Waals surface area contributed by atoms with Gasteiger partial charge in [-0.25, -0.2) is 9.59 Å².